The minimum atomic E-state index is -0.334. The molecule has 0 radical (unpaired) electrons. The van der Waals surface area contributed by atoms with Crippen LogP contribution in [0.3, 0.4) is 0 Å². The number of carbonyl (C=O) groups excluding carboxylic acids is 2. The van der Waals surface area contributed by atoms with E-state index in [4.69, 9.17) is 0 Å². The lowest BCUT2D eigenvalue weighted by Gasteiger charge is -2.36. The molecule has 0 N–H and O–H groups in total. The molecule has 1 aromatic rings. The largest absolute Gasteiger partial charge is 0.329 e. The summed E-state index contributed by atoms with van der Waals surface area (Å²) in [6.07, 6.45) is 1.60. The highest BCUT2D eigenvalue weighted by atomic mass is 19.1. The smallest absolute Gasteiger partial charge is 0.250 e. The summed E-state index contributed by atoms with van der Waals surface area (Å²) in [4.78, 5) is 27.6. The quantitative estimate of drug-likeness (QED) is 0.769. The van der Waals surface area contributed by atoms with Crippen LogP contribution in [-0.2, 0) is 9.59 Å². The third-order valence-corrected chi connectivity index (χ3v) is 3.87. The third kappa shape index (κ3) is 1.89. The molecule has 1 unspecified atom stereocenters. The molecule has 1 atom stereocenters. The Morgan fingerprint density at radius 1 is 1.32 bits per heavy atom. The van der Waals surface area contributed by atoms with Crippen LogP contribution < -0.4 is 4.90 Å². The number of aryl methyl sites for hydroxylation is 1. The van der Waals surface area contributed by atoms with Crippen molar-refractivity contribution in [1.29, 1.82) is 0 Å². The van der Waals surface area contributed by atoms with E-state index in [2.05, 4.69) is 0 Å². The van der Waals surface area contributed by atoms with Gasteiger partial charge in [0.1, 0.15) is 18.4 Å². The van der Waals surface area contributed by atoms with E-state index in [-0.39, 0.29) is 30.2 Å². The molecule has 0 aliphatic carbocycles. The van der Waals surface area contributed by atoms with Gasteiger partial charge in [0.05, 0.1) is 0 Å². The number of benzene rings is 1. The molecular weight excluding hydrogens is 247 g/mol. The van der Waals surface area contributed by atoms with Crippen molar-refractivity contribution in [1.82, 2.24) is 4.90 Å². The van der Waals surface area contributed by atoms with E-state index in [1.165, 1.54) is 17.0 Å². The van der Waals surface area contributed by atoms with Crippen molar-refractivity contribution in [3.8, 4) is 0 Å². The van der Waals surface area contributed by atoms with Crippen molar-refractivity contribution in [2.45, 2.75) is 25.8 Å². The fourth-order valence-electron chi connectivity index (χ4n) is 2.93. The molecule has 0 aromatic heterocycles. The van der Waals surface area contributed by atoms with Crippen LogP contribution >= 0.6 is 0 Å². The van der Waals surface area contributed by atoms with Crippen LogP contribution in [0.25, 0.3) is 0 Å². The topological polar surface area (TPSA) is 40.6 Å². The second-order valence-corrected chi connectivity index (χ2v) is 5.10. The number of hydrogen-bond donors (Lipinski definition) is 0. The lowest BCUT2D eigenvalue weighted by atomic mass is 10.1. The molecule has 0 spiro atoms. The lowest BCUT2D eigenvalue weighted by Crippen LogP contribution is -2.57. The molecule has 100 valence electrons. The van der Waals surface area contributed by atoms with E-state index in [1.54, 1.807) is 17.9 Å². The summed E-state index contributed by atoms with van der Waals surface area (Å²) in [5.41, 5.74) is 1.30. The Morgan fingerprint density at radius 3 is 2.84 bits per heavy atom. The van der Waals surface area contributed by atoms with Crippen LogP contribution in [0.4, 0.5) is 10.1 Å². The van der Waals surface area contributed by atoms with E-state index < -0.39 is 0 Å². The van der Waals surface area contributed by atoms with Gasteiger partial charge in [-0.1, -0.05) is 0 Å². The first-order valence-corrected chi connectivity index (χ1v) is 6.45. The number of hydrogen-bond acceptors (Lipinski definition) is 2. The zero-order valence-corrected chi connectivity index (χ0v) is 10.7. The Kier molecular flexibility index (Phi) is 2.77. The average Bonchev–Trinajstić information content (AvgIpc) is 2.84. The van der Waals surface area contributed by atoms with Crippen LogP contribution in [0.15, 0.2) is 18.2 Å². The molecule has 2 aliphatic rings. The molecular formula is C14H15FN2O2. The van der Waals surface area contributed by atoms with Crippen LogP contribution in [-0.4, -0.2) is 35.8 Å². The molecule has 2 fully saturated rings. The molecule has 2 aliphatic heterocycles. The van der Waals surface area contributed by atoms with Crippen LogP contribution in [0, 0.1) is 12.7 Å². The Hall–Kier alpha value is -1.91. The van der Waals surface area contributed by atoms with E-state index in [1.807, 2.05) is 0 Å². The summed E-state index contributed by atoms with van der Waals surface area (Å²) in [7, 11) is 0. The average molecular weight is 262 g/mol. The number of carbonyl (C=O) groups is 2. The van der Waals surface area contributed by atoms with Gasteiger partial charge in [0, 0.05) is 12.2 Å². The molecule has 5 heteroatoms. The molecule has 0 bridgehead atoms. The summed E-state index contributed by atoms with van der Waals surface area (Å²) < 4.78 is 13.1. The second kappa shape index (κ2) is 4.33. The van der Waals surface area contributed by atoms with Crippen LogP contribution in [0.2, 0.25) is 0 Å². The number of amides is 2. The van der Waals surface area contributed by atoms with E-state index >= 15 is 0 Å². The van der Waals surface area contributed by atoms with Crippen molar-refractivity contribution >= 4 is 17.5 Å². The first-order chi connectivity index (χ1) is 9.08. The van der Waals surface area contributed by atoms with Crippen molar-refractivity contribution in [3.63, 3.8) is 0 Å². The summed E-state index contributed by atoms with van der Waals surface area (Å²) in [5, 5.41) is 0. The normalized spacial score (nSPS) is 22.9. The monoisotopic (exact) mass is 262 g/mol. The molecule has 1 aromatic carbocycles. The zero-order chi connectivity index (χ0) is 13.6. The Bertz CT molecular complexity index is 558. The van der Waals surface area contributed by atoms with Crippen molar-refractivity contribution < 1.29 is 14.0 Å². The maximum atomic E-state index is 13.1. The predicted octanol–water partition coefficient (Wildman–Crippen LogP) is 1.47. The summed E-state index contributed by atoms with van der Waals surface area (Å²) >= 11 is 0. The number of rotatable bonds is 1. The van der Waals surface area contributed by atoms with Gasteiger partial charge in [0.2, 0.25) is 11.8 Å². The van der Waals surface area contributed by atoms with Gasteiger partial charge in [-0.2, -0.15) is 0 Å². The molecule has 2 heterocycles. The predicted molar refractivity (Wildman–Crippen MR) is 68.2 cm³/mol. The van der Waals surface area contributed by atoms with Crippen LogP contribution in [0.5, 0.6) is 0 Å². The minimum Gasteiger partial charge on any atom is -0.329 e. The van der Waals surface area contributed by atoms with Gasteiger partial charge in [-0.25, -0.2) is 4.39 Å². The van der Waals surface area contributed by atoms with Gasteiger partial charge in [0.15, 0.2) is 0 Å². The highest BCUT2D eigenvalue weighted by Gasteiger charge is 2.42. The number of nitrogens with zero attached hydrogens (tertiary/aromatic N) is 2. The minimum absolute atomic E-state index is 0.0224. The van der Waals surface area contributed by atoms with Gasteiger partial charge < -0.3 is 9.80 Å². The summed E-state index contributed by atoms with van der Waals surface area (Å²) in [5.74, 6) is -0.405. The fraction of sp³-hybridized carbons (Fsp3) is 0.429. The highest BCUT2D eigenvalue weighted by Crippen LogP contribution is 2.29. The maximum Gasteiger partial charge on any atom is 0.250 e. The van der Waals surface area contributed by atoms with Gasteiger partial charge in [-0.05, 0) is 43.5 Å². The van der Waals surface area contributed by atoms with E-state index in [9.17, 15) is 14.0 Å². The van der Waals surface area contributed by atoms with Gasteiger partial charge in [0.25, 0.3) is 0 Å². The molecule has 3 rings (SSSR count). The molecule has 19 heavy (non-hydrogen) atoms. The number of anilines is 1. The molecule has 2 amide bonds. The van der Waals surface area contributed by atoms with E-state index in [0.717, 1.165) is 12.8 Å². The number of fused-ring (bicyclic) bond motifs is 1. The van der Waals surface area contributed by atoms with Gasteiger partial charge in [-0.3, -0.25) is 9.59 Å². The number of halogens is 1. The Labute approximate surface area is 110 Å². The van der Waals surface area contributed by atoms with Crippen molar-refractivity contribution in [2.75, 3.05) is 18.0 Å². The molecule has 2 saturated heterocycles. The Balaban J connectivity index is 1.96. The van der Waals surface area contributed by atoms with E-state index in [0.29, 0.717) is 17.8 Å². The fourth-order valence-corrected chi connectivity index (χ4v) is 2.93. The van der Waals surface area contributed by atoms with Crippen LogP contribution in [0.1, 0.15) is 18.4 Å². The molecule has 0 saturated carbocycles. The highest BCUT2D eigenvalue weighted by molar-refractivity contribution is 6.07. The van der Waals surface area contributed by atoms with Crippen molar-refractivity contribution in [3.05, 3.63) is 29.6 Å². The summed E-state index contributed by atoms with van der Waals surface area (Å²) in [6, 6.07) is 3.95. The summed E-state index contributed by atoms with van der Waals surface area (Å²) in [6.45, 7) is 2.48. The van der Waals surface area contributed by atoms with Gasteiger partial charge in [-0.15, -0.1) is 0 Å². The Morgan fingerprint density at radius 2 is 2.11 bits per heavy atom. The lowest BCUT2D eigenvalue weighted by molar-refractivity contribution is -0.140. The number of piperazine rings is 1. The SMILES string of the molecule is Cc1cc(F)ccc1N1CC(=O)N2CCCC2C1=O. The first kappa shape index (κ1) is 12.1. The zero-order valence-electron chi connectivity index (χ0n) is 10.7. The van der Waals surface area contributed by atoms with Crippen molar-refractivity contribution in [2.24, 2.45) is 0 Å². The first-order valence-electron chi connectivity index (χ1n) is 6.45. The third-order valence-electron chi connectivity index (χ3n) is 3.87. The van der Waals surface area contributed by atoms with Gasteiger partial charge >= 0.3 is 0 Å². The standard InChI is InChI=1S/C14H15FN2O2/c1-9-7-10(15)4-5-11(9)17-8-13(18)16-6-2-3-12(16)14(17)19/h4-5,7,12H,2-3,6,8H2,1H3. The maximum absolute atomic E-state index is 13.1. The second-order valence-electron chi connectivity index (χ2n) is 5.10. The molecule has 4 nitrogen and oxygen atoms in total.